The maximum absolute atomic E-state index is 11.5. The van der Waals surface area contributed by atoms with E-state index in [4.69, 9.17) is 16.3 Å². The molecule has 0 saturated carbocycles. The van der Waals surface area contributed by atoms with Crippen molar-refractivity contribution in [1.29, 1.82) is 0 Å². The van der Waals surface area contributed by atoms with Crippen molar-refractivity contribution in [3.63, 3.8) is 0 Å². The van der Waals surface area contributed by atoms with Crippen LogP contribution in [0.25, 0.3) is 0 Å². The van der Waals surface area contributed by atoms with Crippen LogP contribution in [0.1, 0.15) is 20.8 Å². The quantitative estimate of drug-likeness (QED) is 0.754. The van der Waals surface area contributed by atoms with Gasteiger partial charge in [0.1, 0.15) is 11.9 Å². The second kappa shape index (κ2) is 7.36. The number of benzene rings is 1. The molecule has 112 valence electrons. The summed E-state index contributed by atoms with van der Waals surface area (Å²) >= 11 is 5.86. The molecule has 0 saturated heterocycles. The van der Waals surface area contributed by atoms with Gasteiger partial charge in [0.05, 0.1) is 12.1 Å². The zero-order valence-electron chi connectivity index (χ0n) is 11.9. The van der Waals surface area contributed by atoms with E-state index in [2.05, 4.69) is 10.6 Å². The van der Waals surface area contributed by atoms with Crippen molar-refractivity contribution in [3.8, 4) is 5.75 Å². The van der Waals surface area contributed by atoms with Crippen LogP contribution in [0.2, 0.25) is 5.02 Å². The van der Waals surface area contributed by atoms with Gasteiger partial charge in [-0.1, -0.05) is 17.7 Å². The van der Waals surface area contributed by atoms with E-state index in [9.17, 15) is 9.90 Å². The molecular weight excluding hydrogens is 280 g/mol. The molecule has 0 radical (unpaired) electrons. The smallest absolute Gasteiger partial charge is 0.315 e. The first kappa shape index (κ1) is 16.6. The third-order valence-corrected chi connectivity index (χ3v) is 2.60. The van der Waals surface area contributed by atoms with Crippen molar-refractivity contribution in [2.75, 3.05) is 13.1 Å². The standard InChI is InChI=1S/C14H21ClN2O3/c1-10(20-12-6-4-5-11(15)7-12)8-16-13(18)17-9-14(2,3)19/h4-7,10,19H,8-9H2,1-3H3,(H2,16,17,18)/t10-/m1/s1. The fraction of sp³-hybridized carbons (Fsp3) is 0.500. The summed E-state index contributed by atoms with van der Waals surface area (Å²) < 4.78 is 5.61. The normalized spacial score (nSPS) is 12.7. The molecule has 0 aromatic heterocycles. The number of amides is 2. The third kappa shape index (κ3) is 7.21. The van der Waals surface area contributed by atoms with Crippen LogP contribution in [-0.2, 0) is 0 Å². The summed E-state index contributed by atoms with van der Waals surface area (Å²) in [5.74, 6) is 0.656. The Balaban J connectivity index is 2.29. The van der Waals surface area contributed by atoms with E-state index in [-0.39, 0.29) is 18.7 Å². The molecule has 0 aliphatic heterocycles. The highest BCUT2D eigenvalue weighted by Crippen LogP contribution is 2.18. The molecular formula is C14H21ClN2O3. The fourth-order valence-corrected chi connectivity index (χ4v) is 1.59. The summed E-state index contributed by atoms with van der Waals surface area (Å²) in [5, 5.41) is 15.3. The lowest BCUT2D eigenvalue weighted by molar-refractivity contribution is 0.0818. The van der Waals surface area contributed by atoms with Crippen LogP contribution in [0, 0.1) is 0 Å². The molecule has 0 fully saturated rings. The van der Waals surface area contributed by atoms with Crippen molar-refractivity contribution in [1.82, 2.24) is 10.6 Å². The van der Waals surface area contributed by atoms with Gasteiger partial charge >= 0.3 is 6.03 Å². The minimum atomic E-state index is -0.930. The summed E-state index contributed by atoms with van der Waals surface area (Å²) in [7, 11) is 0. The molecule has 0 aliphatic rings. The number of aliphatic hydroxyl groups is 1. The molecule has 1 rings (SSSR count). The van der Waals surface area contributed by atoms with E-state index in [1.165, 1.54) is 0 Å². The highest BCUT2D eigenvalue weighted by Gasteiger charge is 2.14. The summed E-state index contributed by atoms with van der Waals surface area (Å²) in [5.41, 5.74) is -0.930. The van der Waals surface area contributed by atoms with Crippen molar-refractivity contribution < 1.29 is 14.6 Å². The van der Waals surface area contributed by atoms with Gasteiger partial charge in [0.25, 0.3) is 0 Å². The lowest BCUT2D eigenvalue weighted by atomic mass is 10.1. The number of carbonyl (C=O) groups excluding carboxylic acids is 1. The van der Waals surface area contributed by atoms with E-state index in [1.54, 1.807) is 38.1 Å². The number of hydrogen-bond donors (Lipinski definition) is 3. The lowest BCUT2D eigenvalue weighted by Crippen LogP contribution is -2.45. The Morgan fingerprint density at radius 2 is 2.15 bits per heavy atom. The molecule has 6 heteroatoms. The Kier molecular flexibility index (Phi) is 6.10. The second-order valence-corrected chi connectivity index (χ2v) is 5.70. The average molecular weight is 301 g/mol. The van der Waals surface area contributed by atoms with Gasteiger partial charge in [-0.25, -0.2) is 4.79 Å². The number of urea groups is 1. The van der Waals surface area contributed by atoms with Gasteiger partial charge in [0, 0.05) is 11.6 Å². The molecule has 1 aromatic rings. The van der Waals surface area contributed by atoms with Crippen LogP contribution in [0.5, 0.6) is 5.75 Å². The summed E-state index contributed by atoms with van der Waals surface area (Å²) in [4.78, 5) is 11.5. The molecule has 0 unspecified atom stereocenters. The zero-order valence-corrected chi connectivity index (χ0v) is 12.7. The van der Waals surface area contributed by atoms with E-state index < -0.39 is 5.60 Å². The largest absolute Gasteiger partial charge is 0.489 e. The van der Waals surface area contributed by atoms with E-state index in [1.807, 2.05) is 6.92 Å². The predicted octanol–water partition coefficient (Wildman–Crippen LogP) is 2.18. The maximum atomic E-state index is 11.5. The molecule has 1 atom stereocenters. The van der Waals surface area contributed by atoms with Crippen LogP contribution >= 0.6 is 11.6 Å². The molecule has 0 bridgehead atoms. The Morgan fingerprint density at radius 3 is 2.75 bits per heavy atom. The van der Waals surface area contributed by atoms with Crippen LogP contribution in [-0.4, -0.2) is 35.9 Å². The first-order valence-corrected chi connectivity index (χ1v) is 6.80. The van der Waals surface area contributed by atoms with Gasteiger partial charge in [-0.2, -0.15) is 0 Å². The Hall–Kier alpha value is -1.46. The molecule has 0 spiro atoms. The third-order valence-electron chi connectivity index (χ3n) is 2.36. The number of halogens is 1. The number of rotatable bonds is 6. The van der Waals surface area contributed by atoms with E-state index >= 15 is 0 Å². The monoisotopic (exact) mass is 300 g/mol. The number of carbonyl (C=O) groups is 1. The number of ether oxygens (including phenoxy) is 1. The number of hydrogen-bond acceptors (Lipinski definition) is 3. The highest BCUT2D eigenvalue weighted by atomic mass is 35.5. The Labute approximate surface area is 124 Å². The molecule has 0 heterocycles. The van der Waals surface area contributed by atoms with Crippen molar-refractivity contribution >= 4 is 17.6 Å². The zero-order chi connectivity index (χ0) is 15.2. The van der Waals surface area contributed by atoms with Gasteiger partial charge in [0.2, 0.25) is 0 Å². The van der Waals surface area contributed by atoms with Gasteiger partial charge in [-0.15, -0.1) is 0 Å². The molecule has 5 nitrogen and oxygen atoms in total. The first-order chi connectivity index (χ1) is 9.26. The Bertz CT molecular complexity index is 446. The summed E-state index contributed by atoms with van der Waals surface area (Å²) in [6.45, 7) is 5.63. The molecule has 1 aromatic carbocycles. The highest BCUT2D eigenvalue weighted by molar-refractivity contribution is 6.30. The van der Waals surface area contributed by atoms with Gasteiger partial charge in [-0.05, 0) is 39.0 Å². The van der Waals surface area contributed by atoms with Crippen molar-refractivity contribution in [2.24, 2.45) is 0 Å². The maximum Gasteiger partial charge on any atom is 0.315 e. The first-order valence-electron chi connectivity index (χ1n) is 6.42. The number of nitrogens with one attached hydrogen (secondary N) is 2. The van der Waals surface area contributed by atoms with Gasteiger partial charge in [-0.3, -0.25) is 0 Å². The Morgan fingerprint density at radius 1 is 1.45 bits per heavy atom. The van der Waals surface area contributed by atoms with Crippen molar-refractivity contribution in [3.05, 3.63) is 29.3 Å². The topological polar surface area (TPSA) is 70.6 Å². The summed E-state index contributed by atoms with van der Waals surface area (Å²) in [6.07, 6.45) is -0.193. The minimum absolute atomic E-state index is 0.183. The van der Waals surface area contributed by atoms with Crippen LogP contribution in [0.3, 0.4) is 0 Å². The molecule has 2 amide bonds. The fourth-order valence-electron chi connectivity index (χ4n) is 1.41. The van der Waals surface area contributed by atoms with Crippen LogP contribution in [0.15, 0.2) is 24.3 Å². The SMILES string of the molecule is C[C@H](CNC(=O)NCC(C)(C)O)Oc1cccc(Cl)c1. The average Bonchev–Trinajstić information content (AvgIpc) is 2.33. The van der Waals surface area contributed by atoms with Gasteiger partial charge < -0.3 is 20.5 Å². The predicted molar refractivity (Wildman–Crippen MR) is 79.2 cm³/mol. The van der Waals surface area contributed by atoms with Gasteiger partial charge in [0.15, 0.2) is 0 Å². The van der Waals surface area contributed by atoms with Crippen LogP contribution < -0.4 is 15.4 Å². The molecule has 20 heavy (non-hydrogen) atoms. The van der Waals surface area contributed by atoms with Crippen molar-refractivity contribution in [2.45, 2.75) is 32.5 Å². The second-order valence-electron chi connectivity index (χ2n) is 5.26. The van der Waals surface area contributed by atoms with E-state index in [0.717, 1.165) is 0 Å². The molecule has 0 aliphatic carbocycles. The summed E-state index contributed by atoms with van der Waals surface area (Å²) in [6, 6.07) is 6.74. The van der Waals surface area contributed by atoms with E-state index in [0.29, 0.717) is 17.3 Å². The lowest BCUT2D eigenvalue weighted by Gasteiger charge is -2.19. The minimum Gasteiger partial charge on any atom is -0.489 e. The molecule has 3 N–H and O–H groups in total. The van der Waals surface area contributed by atoms with Crippen LogP contribution in [0.4, 0.5) is 4.79 Å².